The summed E-state index contributed by atoms with van der Waals surface area (Å²) in [5, 5.41) is 7.16. The molecule has 1 aliphatic heterocycles. The van der Waals surface area contributed by atoms with Gasteiger partial charge in [-0.1, -0.05) is 28.9 Å². The van der Waals surface area contributed by atoms with Gasteiger partial charge in [-0.05, 0) is 26.0 Å². The molecule has 0 radical (unpaired) electrons. The van der Waals surface area contributed by atoms with Crippen molar-refractivity contribution in [3.8, 4) is 0 Å². The van der Waals surface area contributed by atoms with Crippen LogP contribution < -0.4 is 5.32 Å². The van der Waals surface area contributed by atoms with Gasteiger partial charge in [-0.15, -0.1) is 0 Å². The van der Waals surface area contributed by atoms with Crippen LogP contribution in [0.1, 0.15) is 21.8 Å². The lowest BCUT2D eigenvalue weighted by Crippen LogP contribution is -2.50. The fraction of sp³-hybridized carbons (Fsp3) is 0.389. The number of hydrogen-bond donors (Lipinski definition) is 1. The number of aryl methyl sites for hydroxylation is 2. The van der Waals surface area contributed by atoms with E-state index in [-0.39, 0.29) is 18.4 Å². The van der Waals surface area contributed by atoms with Crippen LogP contribution >= 0.6 is 11.6 Å². The molecule has 0 saturated carbocycles. The van der Waals surface area contributed by atoms with Crippen molar-refractivity contribution in [3.63, 3.8) is 0 Å². The second-order valence-electron chi connectivity index (χ2n) is 6.30. The monoisotopic (exact) mass is 376 g/mol. The maximum absolute atomic E-state index is 12.6. The van der Waals surface area contributed by atoms with Crippen molar-refractivity contribution in [3.05, 3.63) is 46.3 Å². The molecule has 0 bridgehead atoms. The summed E-state index contributed by atoms with van der Waals surface area (Å²) in [5.41, 5.74) is 1.75. The molecular formula is C18H21ClN4O3. The second kappa shape index (κ2) is 7.88. The van der Waals surface area contributed by atoms with Crippen molar-refractivity contribution in [1.29, 1.82) is 0 Å². The Balaban J connectivity index is 1.52. The first kappa shape index (κ1) is 18.4. The van der Waals surface area contributed by atoms with E-state index in [0.29, 0.717) is 53.9 Å². The molecule has 0 atom stereocenters. The summed E-state index contributed by atoms with van der Waals surface area (Å²) < 4.78 is 5.08. The standard InChI is InChI=1S/C18H21ClN4O3/c1-12-17(13(2)26-21-12)18(25)23-9-7-22(8-10-23)11-16(24)20-15-6-4-3-5-14(15)19/h3-6H,7-11H2,1-2H3,(H,20,24). The van der Waals surface area contributed by atoms with Gasteiger partial charge in [-0.3, -0.25) is 14.5 Å². The summed E-state index contributed by atoms with van der Waals surface area (Å²) >= 11 is 6.05. The molecule has 0 spiro atoms. The highest BCUT2D eigenvalue weighted by atomic mass is 35.5. The maximum Gasteiger partial charge on any atom is 0.259 e. The molecule has 1 aliphatic rings. The van der Waals surface area contributed by atoms with Crippen LogP contribution in [-0.2, 0) is 4.79 Å². The average molecular weight is 377 g/mol. The summed E-state index contributed by atoms with van der Waals surface area (Å²) in [6.45, 7) is 6.14. The normalized spacial score (nSPS) is 15.1. The molecule has 26 heavy (non-hydrogen) atoms. The molecule has 1 aromatic heterocycles. The summed E-state index contributed by atoms with van der Waals surface area (Å²) in [5.74, 6) is 0.346. The lowest BCUT2D eigenvalue weighted by molar-refractivity contribution is -0.117. The van der Waals surface area contributed by atoms with Gasteiger partial charge in [0, 0.05) is 26.2 Å². The number of para-hydroxylation sites is 1. The van der Waals surface area contributed by atoms with E-state index in [1.165, 1.54) is 0 Å². The van der Waals surface area contributed by atoms with Gasteiger partial charge in [0.1, 0.15) is 11.3 Å². The van der Waals surface area contributed by atoms with E-state index in [2.05, 4.69) is 10.5 Å². The van der Waals surface area contributed by atoms with E-state index in [1.807, 2.05) is 17.0 Å². The fourth-order valence-electron chi connectivity index (χ4n) is 3.01. The number of aromatic nitrogens is 1. The highest BCUT2D eigenvalue weighted by Crippen LogP contribution is 2.20. The first-order chi connectivity index (χ1) is 12.5. The zero-order valence-corrected chi connectivity index (χ0v) is 15.5. The number of piperazine rings is 1. The van der Waals surface area contributed by atoms with Crippen molar-refractivity contribution in [2.75, 3.05) is 38.0 Å². The Labute approximate surface area is 156 Å². The number of anilines is 1. The third-order valence-electron chi connectivity index (χ3n) is 4.42. The van der Waals surface area contributed by atoms with E-state index in [1.54, 1.807) is 30.9 Å². The highest BCUT2D eigenvalue weighted by molar-refractivity contribution is 6.33. The van der Waals surface area contributed by atoms with Gasteiger partial charge in [0.2, 0.25) is 5.91 Å². The molecular weight excluding hydrogens is 356 g/mol. The molecule has 3 rings (SSSR count). The molecule has 2 amide bonds. The van der Waals surface area contributed by atoms with Crippen LogP contribution in [0.5, 0.6) is 0 Å². The summed E-state index contributed by atoms with van der Waals surface area (Å²) in [6, 6.07) is 7.13. The number of halogens is 1. The van der Waals surface area contributed by atoms with Gasteiger partial charge >= 0.3 is 0 Å². The van der Waals surface area contributed by atoms with Gasteiger partial charge in [0.25, 0.3) is 5.91 Å². The number of amides is 2. The molecule has 1 aromatic carbocycles. The zero-order chi connectivity index (χ0) is 18.7. The van der Waals surface area contributed by atoms with Gasteiger partial charge in [-0.25, -0.2) is 0 Å². The zero-order valence-electron chi connectivity index (χ0n) is 14.8. The quantitative estimate of drug-likeness (QED) is 0.886. The molecule has 138 valence electrons. The molecule has 0 unspecified atom stereocenters. The van der Waals surface area contributed by atoms with Gasteiger partial charge in [0.15, 0.2) is 0 Å². The maximum atomic E-state index is 12.6. The summed E-state index contributed by atoms with van der Waals surface area (Å²) in [7, 11) is 0. The lowest BCUT2D eigenvalue weighted by Gasteiger charge is -2.34. The molecule has 8 heteroatoms. The van der Waals surface area contributed by atoms with Gasteiger partial charge in [-0.2, -0.15) is 0 Å². The third kappa shape index (κ3) is 4.05. The second-order valence-corrected chi connectivity index (χ2v) is 6.70. The fourth-order valence-corrected chi connectivity index (χ4v) is 3.19. The molecule has 2 aromatic rings. The molecule has 0 aliphatic carbocycles. The van der Waals surface area contributed by atoms with E-state index in [0.717, 1.165) is 0 Å². The van der Waals surface area contributed by atoms with Crippen molar-refractivity contribution in [1.82, 2.24) is 15.0 Å². The van der Waals surface area contributed by atoms with Crippen molar-refractivity contribution < 1.29 is 14.1 Å². The minimum Gasteiger partial charge on any atom is -0.361 e. The predicted octanol–water partition coefficient (Wildman–Crippen LogP) is 2.34. The Morgan fingerprint density at radius 3 is 2.50 bits per heavy atom. The largest absolute Gasteiger partial charge is 0.361 e. The Morgan fingerprint density at radius 2 is 1.88 bits per heavy atom. The van der Waals surface area contributed by atoms with E-state index in [9.17, 15) is 9.59 Å². The van der Waals surface area contributed by atoms with Crippen molar-refractivity contribution in [2.24, 2.45) is 0 Å². The highest BCUT2D eigenvalue weighted by Gasteiger charge is 2.27. The van der Waals surface area contributed by atoms with Crippen molar-refractivity contribution >= 4 is 29.1 Å². The van der Waals surface area contributed by atoms with E-state index in [4.69, 9.17) is 16.1 Å². The number of carbonyl (C=O) groups is 2. The molecule has 1 N–H and O–H groups in total. The Hall–Kier alpha value is -2.38. The van der Waals surface area contributed by atoms with Gasteiger partial charge < -0.3 is 14.7 Å². The summed E-state index contributed by atoms with van der Waals surface area (Å²) in [4.78, 5) is 28.6. The van der Waals surface area contributed by atoms with Crippen LogP contribution in [0, 0.1) is 13.8 Å². The smallest absolute Gasteiger partial charge is 0.259 e. The number of benzene rings is 1. The van der Waals surface area contributed by atoms with Crippen LogP contribution in [-0.4, -0.2) is 59.5 Å². The van der Waals surface area contributed by atoms with E-state index >= 15 is 0 Å². The number of carbonyl (C=O) groups excluding carboxylic acids is 2. The van der Waals surface area contributed by atoms with E-state index < -0.39 is 0 Å². The Morgan fingerprint density at radius 1 is 1.19 bits per heavy atom. The van der Waals surface area contributed by atoms with Crippen LogP contribution in [0.4, 0.5) is 5.69 Å². The molecule has 2 heterocycles. The van der Waals surface area contributed by atoms with Gasteiger partial charge in [0.05, 0.1) is 22.9 Å². The number of rotatable bonds is 4. The minimum atomic E-state index is -0.122. The first-order valence-electron chi connectivity index (χ1n) is 8.44. The number of nitrogens with one attached hydrogen (secondary N) is 1. The topological polar surface area (TPSA) is 78.7 Å². The lowest BCUT2D eigenvalue weighted by atomic mass is 10.1. The number of hydrogen-bond acceptors (Lipinski definition) is 5. The Kier molecular flexibility index (Phi) is 5.58. The van der Waals surface area contributed by atoms with Crippen LogP contribution in [0.25, 0.3) is 0 Å². The third-order valence-corrected chi connectivity index (χ3v) is 4.75. The number of nitrogens with zero attached hydrogens (tertiary/aromatic N) is 3. The molecule has 1 fully saturated rings. The minimum absolute atomic E-state index is 0.0681. The van der Waals surface area contributed by atoms with Crippen molar-refractivity contribution in [2.45, 2.75) is 13.8 Å². The first-order valence-corrected chi connectivity index (χ1v) is 8.82. The Bertz CT molecular complexity index is 793. The average Bonchev–Trinajstić information content (AvgIpc) is 2.95. The van der Waals surface area contributed by atoms with Crippen LogP contribution in [0.15, 0.2) is 28.8 Å². The molecule has 1 saturated heterocycles. The van der Waals surface area contributed by atoms with Crippen LogP contribution in [0.2, 0.25) is 5.02 Å². The predicted molar refractivity (Wildman–Crippen MR) is 98.4 cm³/mol. The SMILES string of the molecule is Cc1noc(C)c1C(=O)N1CCN(CC(=O)Nc2ccccc2Cl)CC1. The molecule has 7 nitrogen and oxygen atoms in total. The van der Waals surface area contributed by atoms with Crippen LogP contribution in [0.3, 0.4) is 0 Å². The summed E-state index contributed by atoms with van der Waals surface area (Å²) in [6.07, 6.45) is 0.